The lowest BCUT2D eigenvalue weighted by molar-refractivity contribution is -0.178. The van der Waals surface area contributed by atoms with Crippen LogP contribution >= 0.6 is 6.89 Å². The molecule has 3 aromatic rings. The number of benzene rings is 3. The molecule has 168 valence electrons. The second-order valence-electron chi connectivity index (χ2n) is 10.4. The molecule has 0 saturated heterocycles. The normalized spacial score (nSPS) is 27.8. The van der Waals surface area contributed by atoms with E-state index in [0.717, 1.165) is 37.0 Å². The van der Waals surface area contributed by atoms with Gasteiger partial charge in [0.2, 0.25) is 0 Å². The number of hydrogen-bond acceptors (Lipinski definition) is 2. The molecule has 4 saturated carbocycles. The molecule has 0 aromatic heterocycles. The first kappa shape index (κ1) is 21.0. The fraction of sp³-hybridized carbons (Fsp3) is 0.333. The van der Waals surface area contributed by atoms with Crippen LogP contribution in [-0.4, -0.2) is 17.4 Å². The van der Waals surface area contributed by atoms with Crippen LogP contribution in [0.5, 0.6) is 0 Å². The van der Waals surface area contributed by atoms with Crippen LogP contribution in [0.1, 0.15) is 38.5 Å². The molecule has 3 aromatic carbocycles. The molecule has 7 rings (SSSR count). The minimum Gasteiger partial charge on any atom is -0.456 e. The molecule has 4 aliphatic carbocycles. The lowest BCUT2D eigenvalue weighted by Crippen LogP contribution is -2.53. The van der Waals surface area contributed by atoms with Crippen molar-refractivity contribution in [3.05, 3.63) is 91.0 Å². The number of carbonyl (C=O) groups is 1. The zero-order chi connectivity index (χ0) is 22.3. The number of rotatable bonds is 5. The molecule has 4 fully saturated rings. The van der Waals surface area contributed by atoms with Crippen molar-refractivity contribution in [1.29, 1.82) is 0 Å². The van der Waals surface area contributed by atoms with Crippen molar-refractivity contribution >= 4 is 34.6 Å². The van der Waals surface area contributed by atoms with E-state index in [1.54, 1.807) is 0 Å². The zero-order valence-electron chi connectivity index (χ0n) is 19.0. The van der Waals surface area contributed by atoms with Crippen LogP contribution in [0.2, 0.25) is 0 Å². The molecule has 0 amide bonds. The number of carbonyl (C=O) groups excluding carboxylic acids is 1. The molecular weight excluding hydrogens is 423 g/mol. The average molecular weight is 455 g/mol. The third-order valence-corrected chi connectivity index (χ3v) is 12.0. The standard InChI is InChI=1S/C30H31O2P/c31-29(32-30-19-23-16-24(20-30)18-25(17-23)21-30)22-33(26-10-4-1-5-11-26,27-12-6-2-7-13-27)28-14-8-3-9-15-28/h1-15,22-25H,16-21H2. The van der Waals surface area contributed by atoms with Crippen LogP contribution in [-0.2, 0) is 9.53 Å². The molecule has 0 atom stereocenters. The molecule has 0 spiro atoms. The Kier molecular flexibility index (Phi) is 5.30. The van der Waals surface area contributed by atoms with E-state index in [4.69, 9.17) is 4.74 Å². The van der Waals surface area contributed by atoms with Crippen LogP contribution in [0.4, 0.5) is 0 Å². The van der Waals surface area contributed by atoms with Crippen molar-refractivity contribution < 1.29 is 9.53 Å². The van der Waals surface area contributed by atoms with Gasteiger partial charge in [0.15, 0.2) is 0 Å². The van der Waals surface area contributed by atoms with Gasteiger partial charge in [-0.25, -0.2) is 4.79 Å². The summed E-state index contributed by atoms with van der Waals surface area (Å²) in [5.41, 5.74) is -0.234. The Bertz CT molecular complexity index is 1050. The van der Waals surface area contributed by atoms with Gasteiger partial charge >= 0.3 is 5.97 Å². The Morgan fingerprint density at radius 1 is 0.667 bits per heavy atom. The molecule has 33 heavy (non-hydrogen) atoms. The van der Waals surface area contributed by atoms with Gasteiger partial charge in [0.1, 0.15) is 5.60 Å². The van der Waals surface area contributed by atoms with E-state index in [0.29, 0.717) is 0 Å². The highest BCUT2D eigenvalue weighted by atomic mass is 31.2. The van der Waals surface area contributed by atoms with Crippen molar-refractivity contribution in [1.82, 2.24) is 0 Å². The van der Waals surface area contributed by atoms with E-state index in [9.17, 15) is 4.79 Å². The summed E-state index contributed by atoms with van der Waals surface area (Å²) in [6.45, 7) is -2.32. The first-order valence-corrected chi connectivity index (χ1v) is 14.2. The van der Waals surface area contributed by atoms with E-state index in [-0.39, 0.29) is 11.6 Å². The van der Waals surface area contributed by atoms with Crippen molar-refractivity contribution in [2.45, 2.75) is 44.1 Å². The molecule has 2 nitrogen and oxygen atoms in total. The van der Waals surface area contributed by atoms with Gasteiger partial charge < -0.3 is 4.74 Å². The van der Waals surface area contributed by atoms with Gasteiger partial charge in [-0.1, -0.05) is 91.0 Å². The third-order valence-electron chi connectivity index (χ3n) is 8.09. The van der Waals surface area contributed by atoms with E-state index >= 15 is 0 Å². The maximum atomic E-state index is 13.8. The van der Waals surface area contributed by atoms with Gasteiger partial charge in [-0.05, 0) is 79.1 Å². The van der Waals surface area contributed by atoms with Crippen LogP contribution < -0.4 is 15.9 Å². The molecule has 0 aliphatic heterocycles. The van der Waals surface area contributed by atoms with Crippen molar-refractivity contribution in [2.75, 3.05) is 0 Å². The Balaban J connectivity index is 1.48. The summed E-state index contributed by atoms with van der Waals surface area (Å²) in [6, 6.07) is 31.6. The third kappa shape index (κ3) is 3.79. The predicted molar refractivity (Wildman–Crippen MR) is 138 cm³/mol. The summed E-state index contributed by atoms with van der Waals surface area (Å²) in [5, 5.41) is 3.56. The molecule has 0 N–H and O–H groups in total. The van der Waals surface area contributed by atoms with Crippen LogP contribution in [0.15, 0.2) is 91.0 Å². The molecular formula is C30H31O2P. The highest BCUT2D eigenvalue weighted by Crippen LogP contribution is 2.57. The van der Waals surface area contributed by atoms with Crippen molar-refractivity contribution in [2.24, 2.45) is 17.8 Å². The lowest BCUT2D eigenvalue weighted by atomic mass is 9.54. The SMILES string of the molecule is O=C(C=P(c1ccccc1)(c1ccccc1)c1ccccc1)OC12CC3CC(CC(C3)C1)C2. The van der Waals surface area contributed by atoms with Gasteiger partial charge in [-0.15, -0.1) is 0 Å². The first-order valence-electron chi connectivity index (χ1n) is 12.3. The lowest BCUT2D eigenvalue weighted by Gasteiger charge is -2.55. The Hall–Kier alpha value is -2.57. The Morgan fingerprint density at radius 2 is 1.03 bits per heavy atom. The van der Waals surface area contributed by atoms with Gasteiger partial charge in [0.05, 0.1) is 0 Å². The topological polar surface area (TPSA) is 26.3 Å². The summed E-state index contributed by atoms with van der Waals surface area (Å²) < 4.78 is 6.50. The Morgan fingerprint density at radius 3 is 1.39 bits per heavy atom. The highest BCUT2D eigenvalue weighted by Gasteiger charge is 2.53. The monoisotopic (exact) mass is 454 g/mol. The maximum absolute atomic E-state index is 13.8. The van der Waals surface area contributed by atoms with Crippen molar-refractivity contribution in [3.63, 3.8) is 0 Å². The van der Waals surface area contributed by atoms with E-state index in [1.165, 1.54) is 35.2 Å². The summed E-state index contributed by atoms with van der Waals surface area (Å²) in [6.07, 6.45) is 7.21. The second kappa shape index (κ2) is 8.33. The molecule has 0 heterocycles. The van der Waals surface area contributed by atoms with E-state index < -0.39 is 6.89 Å². The molecule has 0 unspecified atom stereocenters. The van der Waals surface area contributed by atoms with Gasteiger partial charge in [-0.3, -0.25) is 0 Å². The fourth-order valence-electron chi connectivity index (χ4n) is 7.21. The van der Waals surface area contributed by atoms with E-state index in [1.807, 2.05) is 24.0 Å². The second-order valence-corrected chi connectivity index (χ2v) is 13.6. The molecule has 4 bridgehead atoms. The van der Waals surface area contributed by atoms with Crippen LogP contribution in [0, 0.1) is 17.8 Å². The fourth-order valence-corrected chi connectivity index (χ4v) is 10.9. The zero-order valence-corrected chi connectivity index (χ0v) is 19.9. The predicted octanol–water partition coefficient (Wildman–Crippen LogP) is 5.29. The minimum atomic E-state index is -2.32. The summed E-state index contributed by atoms with van der Waals surface area (Å²) in [5.74, 6) is 4.08. The molecule has 4 aliphatic rings. The largest absolute Gasteiger partial charge is 0.456 e. The van der Waals surface area contributed by atoms with Gasteiger partial charge in [-0.2, -0.15) is 0 Å². The smallest absolute Gasteiger partial charge is 0.332 e. The number of esters is 1. The number of ether oxygens (including phenoxy) is 1. The Labute approximate surface area is 197 Å². The van der Waals surface area contributed by atoms with Gasteiger partial charge in [0, 0.05) is 5.80 Å². The maximum Gasteiger partial charge on any atom is 0.332 e. The van der Waals surface area contributed by atoms with Gasteiger partial charge in [0.25, 0.3) is 0 Å². The average Bonchev–Trinajstić information content (AvgIpc) is 2.83. The van der Waals surface area contributed by atoms with Crippen LogP contribution in [0.25, 0.3) is 0 Å². The van der Waals surface area contributed by atoms with E-state index in [2.05, 4.69) is 72.8 Å². The molecule has 3 heteroatoms. The van der Waals surface area contributed by atoms with Crippen LogP contribution in [0.3, 0.4) is 0 Å². The summed E-state index contributed by atoms with van der Waals surface area (Å²) in [7, 11) is 0. The molecule has 0 radical (unpaired) electrons. The van der Waals surface area contributed by atoms with Crippen molar-refractivity contribution in [3.8, 4) is 0 Å². The first-order chi connectivity index (χ1) is 16.2. The highest BCUT2D eigenvalue weighted by molar-refractivity contribution is 7.95. The summed E-state index contributed by atoms with van der Waals surface area (Å²) >= 11 is 0. The number of hydrogen-bond donors (Lipinski definition) is 0. The quantitative estimate of drug-likeness (QED) is 0.387. The minimum absolute atomic E-state index is 0.137. The summed E-state index contributed by atoms with van der Waals surface area (Å²) in [4.78, 5) is 13.8.